The quantitative estimate of drug-likeness (QED) is 0.378. The number of hydrogen-bond donors (Lipinski definition) is 1. The van der Waals surface area contributed by atoms with Crippen LogP contribution in [0.2, 0.25) is 0 Å². The molecule has 1 radical (unpaired) electrons. The molecule has 19 heavy (non-hydrogen) atoms. The number of unbranched alkanes of at least 4 members (excludes halogenated alkanes) is 11. The van der Waals surface area contributed by atoms with Crippen molar-refractivity contribution in [1.82, 2.24) is 5.32 Å². The van der Waals surface area contributed by atoms with E-state index < -0.39 is 0 Å². The molecule has 1 N–H and O–H groups in total. The van der Waals surface area contributed by atoms with E-state index in [1.165, 1.54) is 70.6 Å². The van der Waals surface area contributed by atoms with Crippen LogP contribution in [0.1, 0.15) is 90.4 Å². The topological polar surface area (TPSA) is 46.2 Å². The Morgan fingerprint density at radius 3 is 1.63 bits per heavy atom. The van der Waals surface area contributed by atoms with Crippen LogP contribution in [0.5, 0.6) is 0 Å². The first-order chi connectivity index (χ1) is 9.31. The summed E-state index contributed by atoms with van der Waals surface area (Å²) in [5, 5.41) is 2.04. The Bertz CT molecular complexity index is 217. The molecule has 0 aromatic heterocycles. The normalized spacial score (nSPS) is 10.4. The molecule has 0 aromatic carbocycles. The maximum absolute atomic E-state index is 11.0. The Kier molecular flexibility index (Phi) is 14.5. The van der Waals surface area contributed by atoms with Crippen LogP contribution in [0.25, 0.3) is 0 Å². The average molecular weight is 268 g/mol. The molecule has 0 fully saturated rings. The lowest BCUT2D eigenvalue weighted by atomic mass is 10.0. The molecule has 0 rings (SSSR count). The standard InChI is InChI=1S/C16H30NO2/c1-2-3-4-5-6-7-8-9-10-11-12-13-14-16(19)17-15-18/h2-14H2,1H3,(H,17,18,19). The van der Waals surface area contributed by atoms with Gasteiger partial charge in [0.15, 0.2) is 0 Å². The molecular weight excluding hydrogens is 238 g/mol. The molecule has 0 bridgehead atoms. The molecule has 0 atom stereocenters. The summed E-state index contributed by atoms with van der Waals surface area (Å²) in [5.74, 6) is -0.206. The summed E-state index contributed by atoms with van der Waals surface area (Å²) in [6.45, 7) is 2.25. The Labute approximate surface area is 118 Å². The molecule has 0 aromatic rings. The van der Waals surface area contributed by atoms with E-state index in [-0.39, 0.29) is 5.91 Å². The predicted octanol–water partition coefficient (Wildman–Crippen LogP) is 4.26. The highest BCUT2D eigenvalue weighted by molar-refractivity contribution is 5.85. The third kappa shape index (κ3) is 15.1. The highest BCUT2D eigenvalue weighted by atomic mass is 16.2. The Morgan fingerprint density at radius 1 is 0.789 bits per heavy atom. The van der Waals surface area contributed by atoms with Crippen LogP contribution in [0, 0.1) is 0 Å². The van der Waals surface area contributed by atoms with E-state index in [4.69, 9.17) is 0 Å². The van der Waals surface area contributed by atoms with Crippen molar-refractivity contribution < 1.29 is 9.59 Å². The lowest BCUT2D eigenvalue weighted by Crippen LogP contribution is -2.20. The third-order valence-corrected chi connectivity index (χ3v) is 3.45. The molecule has 0 aliphatic carbocycles. The SMILES string of the molecule is CCCCCCCCCCCCCCC(=O)N[C]=O. The first kappa shape index (κ1) is 18.1. The van der Waals surface area contributed by atoms with E-state index in [9.17, 15) is 9.59 Å². The number of amides is 2. The average Bonchev–Trinajstić information content (AvgIpc) is 2.40. The van der Waals surface area contributed by atoms with Crippen molar-refractivity contribution in [3.63, 3.8) is 0 Å². The number of rotatable bonds is 14. The predicted molar refractivity (Wildman–Crippen MR) is 79.5 cm³/mol. The molecule has 0 aliphatic rings. The van der Waals surface area contributed by atoms with Crippen molar-refractivity contribution in [2.75, 3.05) is 0 Å². The summed E-state index contributed by atoms with van der Waals surface area (Å²) in [6, 6.07) is 0. The maximum Gasteiger partial charge on any atom is 0.316 e. The van der Waals surface area contributed by atoms with E-state index in [1.807, 2.05) is 5.32 Å². The third-order valence-electron chi connectivity index (χ3n) is 3.45. The summed E-state index contributed by atoms with van der Waals surface area (Å²) in [6.07, 6.45) is 17.3. The fourth-order valence-corrected chi connectivity index (χ4v) is 2.25. The molecule has 0 saturated carbocycles. The van der Waals surface area contributed by atoms with Gasteiger partial charge in [0.2, 0.25) is 5.91 Å². The van der Waals surface area contributed by atoms with Crippen molar-refractivity contribution in [2.45, 2.75) is 90.4 Å². The second kappa shape index (κ2) is 15.2. The van der Waals surface area contributed by atoms with Gasteiger partial charge in [-0.05, 0) is 6.42 Å². The van der Waals surface area contributed by atoms with Crippen molar-refractivity contribution >= 4 is 12.3 Å². The fraction of sp³-hybridized carbons (Fsp3) is 0.875. The molecule has 0 saturated heterocycles. The zero-order valence-electron chi connectivity index (χ0n) is 12.5. The Balaban J connectivity index is 3.02. The lowest BCUT2D eigenvalue weighted by molar-refractivity contribution is -0.119. The Hall–Kier alpha value is -0.860. The molecule has 0 heterocycles. The number of carbonyl (C=O) groups excluding carboxylic acids is 2. The van der Waals surface area contributed by atoms with Crippen LogP contribution < -0.4 is 5.32 Å². The van der Waals surface area contributed by atoms with E-state index in [1.54, 1.807) is 0 Å². The van der Waals surface area contributed by atoms with Crippen molar-refractivity contribution in [2.24, 2.45) is 0 Å². The van der Waals surface area contributed by atoms with Gasteiger partial charge < -0.3 is 0 Å². The minimum absolute atomic E-state index is 0.206. The van der Waals surface area contributed by atoms with Gasteiger partial charge in [0, 0.05) is 6.42 Å². The summed E-state index contributed by atoms with van der Waals surface area (Å²) in [5.41, 5.74) is 0. The molecular formula is C16H30NO2. The first-order valence-corrected chi connectivity index (χ1v) is 7.97. The van der Waals surface area contributed by atoms with Crippen LogP contribution in [-0.4, -0.2) is 12.3 Å². The van der Waals surface area contributed by atoms with Gasteiger partial charge >= 0.3 is 6.41 Å². The van der Waals surface area contributed by atoms with Gasteiger partial charge in [-0.25, -0.2) is 0 Å². The summed E-state index contributed by atoms with van der Waals surface area (Å²) in [7, 11) is 0. The number of carbonyl (C=O) groups is 1. The van der Waals surface area contributed by atoms with Crippen molar-refractivity contribution in [3.8, 4) is 0 Å². The molecule has 0 spiro atoms. The molecule has 111 valence electrons. The van der Waals surface area contributed by atoms with E-state index >= 15 is 0 Å². The van der Waals surface area contributed by atoms with Crippen LogP contribution in [0.4, 0.5) is 0 Å². The van der Waals surface area contributed by atoms with Crippen LogP contribution in [0.3, 0.4) is 0 Å². The van der Waals surface area contributed by atoms with Gasteiger partial charge in [-0.15, -0.1) is 0 Å². The second-order valence-electron chi connectivity index (χ2n) is 5.29. The maximum atomic E-state index is 11.0. The van der Waals surface area contributed by atoms with Gasteiger partial charge in [-0.1, -0.05) is 77.6 Å². The minimum Gasteiger partial charge on any atom is -0.288 e. The number of nitrogens with one attached hydrogen (secondary N) is 1. The molecule has 0 aliphatic heterocycles. The molecule has 3 nitrogen and oxygen atoms in total. The van der Waals surface area contributed by atoms with Gasteiger partial charge in [0.1, 0.15) is 0 Å². The lowest BCUT2D eigenvalue weighted by Gasteiger charge is -2.02. The largest absolute Gasteiger partial charge is 0.316 e. The number of imide groups is 1. The summed E-state index contributed by atoms with van der Waals surface area (Å²) < 4.78 is 0. The highest BCUT2D eigenvalue weighted by Crippen LogP contribution is 2.12. The zero-order valence-corrected chi connectivity index (χ0v) is 12.5. The smallest absolute Gasteiger partial charge is 0.288 e. The fourth-order valence-electron chi connectivity index (χ4n) is 2.25. The van der Waals surface area contributed by atoms with Gasteiger partial charge in [-0.2, -0.15) is 0 Å². The summed E-state index contributed by atoms with van der Waals surface area (Å²) >= 11 is 0. The van der Waals surface area contributed by atoms with Crippen molar-refractivity contribution in [3.05, 3.63) is 0 Å². The van der Waals surface area contributed by atoms with E-state index in [2.05, 4.69) is 6.92 Å². The van der Waals surface area contributed by atoms with Gasteiger partial charge in [0.25, 0.3) is 0 Å². The zero-order chi connectivity index (χ0) is 14.2. The first-order valence-electron chi connectivity index (χ1n) is 7.97. The summed E-state index contributed by atoms with van der Waals surface area (Å²) in [4.78, 5) is 20.8. The van der Waals surface area contributed by atoms with Gasteiger partial charge in [-0.3, -0.25) is 14.9 Å². The second-order valence-corrected chi connectivity index (χ2v) is 5.29. The van der Waals surface area contributed by atoms with Crippen LogP contribution in [0.15, 0.2) is 0 Å². The van der Waals surface area contributed by atoms with Gasteiger partial charge in [0.05, 0.1) is 0 Å². The molecule has 3 heteroatoms. The Morgan fingerprint density at radius 2 is 1.21 bits per heavy atom. The minimum atomic E-state index is -0.206. The van der Waals surface area contributed by atoms with Crippen LogP contribution >= 0.6 is 0 Å². The van der Waals surface area contributed by atoms with Crippen molar-refractivity contribution in [1.29, 1.82) is 0 Å². The molecule has 0 unspecified atom stereocenters. The molecule has 2 amide bonds. The van der Waals surface area contributed by atoms with Crippen LogP contribution in [-0.2, 0) is 9.59 Å². The number of hydrogen-bond acceptors (Lipinski definition) is 2. The van der Waals surface area contributed by atoms with E-state index in [0.29, 0.717) is 6.42 Å². The monoisotopic (exact) mass is 268 g/mol. The van der Waals surface area contributed by atoms with E-state index in [0.717, 1.165) is 12.8 Å². The highest BCUT2D eigenvalue weighted by Gasteiger charge is 1.99.